The number of rotatable bonds is 10. The van der Waals surface area contributed by atoms with Crippen LogP contribution in [0, 0.1) is 5.92 Å². The van der Waals surface area contributed by atoms with Crippen LogP contribution in [0.25, 0.3) is 0 Å². The Hall–Kier alpha value is -2.04. The molecule has 1 aliphatic rings. The molecule has 5 nitrogen and oxygen atoms in total. The van der Waals surface area contributed by atoms with E-state index in [1.54, 1.807) is 0 Å². The van der Waals surface area contributed by atoms with Gasteiger partial charge in [-0.3, -0.25) is 9.59 Å². The highest BCUT2D eigenvalue weighted by Gasteiger charge is 2.14. The molecule has 26 heavy (non-hydrogen) atoms. The van der Waals surface area contributed by atoms with Gasteiger partial charge in [-0.15, -0.1) is 0 Å². The topological polar surface area (TPSA) is 67.4 Å². The van der Waals surface area contributed by atoms with Gasteiger partial charge in [-0.05, 0) is 30.4 Å². The lowest BCUT2D eigenvalue weighted by atomic mass is 9.86. The van der Waals surface area contributed by atoms with E-state index >= 15 is 0 Å². The highest BCUT2D eigenvalue weighted by molar-refractivity contribution is 5.78. The maximum absolute atomic E-state index is 11.9. The molecular weight excluding hydrogens is 328 g/mol. The highest BCUT2D eigenvalue weighted by atomic mass is 16.5. The van der Waals surface area contributed by atoms with E-state index in [1.807, 2.05) is 24.3 Å². The number of aryl methyl sites for hydroxylation is 1. The molecule has 0 saturated heterocycles. The summed E-state index contributed by atoms with van der Waals surface area (Å²) in [4.78, 5) is 23.7. The summed E-state index contributed by atoms with van der Waals surface area (Å²) in [6, 6.07) is 7.73. The first-order valence-corrected chi connectivity index (χ1v) is 9.93. The second kappa shape index (κ2) is 11.6. The van der Waals surface area contributed by atoms with E-state index in [1.165, 1.54) is 32.1 Å². The molecular formula is C21H32N2O3. The fourth-order valence-electron chi connectivity index (χ4n) is 3.43. The summed E-state index contributed by atoms with van der Waals surface area (Å²) >= 11 is 0. The molecule has 1 fully saturated rings. The van der Waals surface area contributed by atoms with Gasteiger partial charge >= 0.3 is 0 Å². The van der Waals surface area contributed by atoms with Crippen molar-refractivity contribution in [1.29, 1.82) is 0 Å². The Bertz CT molecular complexity index is 568. The van der Waals surface area contributed by atoms with Crippen molar-refractivity contribution in [1.82, 2.24) is 10.6 Å². The van der Waals surface area contributed by atoms with E-state index < -0.39 is 0 Å². The van der Waals surface area contributed by atoms with Crippen LogP contribution in [0.3, 0.4) is 0 Å². The maximum atomic E-state index is 11.9. The van der Waals surface area contributed by atoms with E-state index in [4.69, 9.17) is 4.74 Å². The van der Waals surface area contributed by atoms with Crippen LogP contribution in [-0.4, -0.2) is 31.5 Å². The number of benzene rings is 1. The fourth-order valence-corrected chi connectivity index (χ4v) is 3.43. The summed E-state index contributed by atoms with van der Waals surface area (Å²) in [5.74, 6) is 1.38. The summed E-state index contributed by atoms with van der Waals surface area (Å²) in [5, 5.41) is 5.65. The Balaban J connectivity index is 1.53. The molecule has 0 aliphatic heterocycles. The van der Waals surface area contributed by atoms with Crippen molar-refractivity contribution in [2.45, 2.75) is 58.3 Å². The summed E-state index contributed by atoms with van der Waals surface area (Å²) in [6.45, 7) is 2.93. The van der Waals surface area contributed by atoms with Crippen LogP contribution >= 0.6 is 0 Å². The Morgan fingerprint density at radius 3 is 2.46 bits per heavy atom. The predicted octanol–water partition coefficient (Wildman–Crippen LogP) is 3.22. The molecule has 2 amide bonds. The Kier molecular flexibility index (Phi) is 9.01. The molecule has 1 aromatic rings. The predicted molar refractivity (Wildman–Crippen MR) is 103 cm³/mol. The molecule has 1 saturated carbocycles. The van der Waals surface area contributed by atoms with Crippen molar-refractivity contribution >= 4 is 11.8 Å². The summed E-state index contributed by atoms with van der Waals surface area (Å²) in [5.41, 5.74) is 1.09. The molecule has 0 spiro atoms. The second-order valence-electron chi connectivity index (χ2n) is 6.99. The largest absolute Gasteiger partial charge is 0.483 e. The molecule has 144 valence electrons. The lowest BCUT2D eigenvalue weighted by Gasteiger charge is -2.21. The smallest absolute Gasteiger partial charge is 0.258 e. The van der Waals surface area contributed by atoms with Crippen molar-refractivity contribution in [3.63, 3.8) is 0 Å². The average molecular weight is 360 g/mol. The van der Waals surface area contributed by atoms with Crippen LogP contribution in [0.5, 0.6) is 5.75 Å². The van der Waals surface area contributed by atoms with Crippen LogP contribution in [0.2, 0.25) is 0 Å². The van der Waals surface area contributed by atoms with Crippen molar-refractivity contribution in [2.75, 3.05) is 19.7 Å². The normalized spacial score (nSPS) is 14.7. The van der Waals surface area contributed by atoms with E-state index in [0.29, 0.717) is 19.5 Å². The molecule has 0 radical (unpaired) electrons. The summed E-state index contributed by atoms with van der Waals surface area (Å²) < 4.78 is 5.57. The lowest BCUT2D eigenvalue weighted by molar-refractivity contribution is -0.124. The number of hydrogen-bond donors (Lipinski definition) is 2. The van der Waals surface area contributed by atoms with Crippen LogP contribution < -0.4 is 15.4 Å². The van der Waals surface area contributed by atoms with Crippen molar-refractivity contribution < 1.29 is 14.3 Å². The molecule has 0 heterocycles. The van der Waals surface area contributed by atoms with Gasteiger partial charge in [0.25, 0.3) is 5.91 Å². The van der Waals surface area contributed by atoms with Crippen LogP contribution in [0.15, 0.2) is 24.3 Å². The minimum absolute atomic E-state index is 0.00730. The molecule has 2 N–H and O–H groups in total. The Labute approximate surface area is 156 Å². The third-order valence-electron chi connectivity index (χ3n) is 4.99. The third kappa shape index (κ3) is 7.46. The molecule has 2 rings (SSSR count). The zero-order valence-electron chi connectivity index (χ0n) is 15.9. The van der Waals surface area contributed by atoms with E-state index in [0.717, 1.165) is 30.1 Å². The van der Waals surface area contributed by atoms with Crippen LogP contribution in [0.4, 0.5) is 0 Å². The molecule has 0 atom stereocenters. The van der Waals surface area contributed by atoms with Gasteiger partial charge in [0.1, 0.15) is 5.75 Å². The quantitative estimate of drug-likeness (QED) is 0.630. The first kappa shape index (κ1) is 20.3. The SMILES string of the molecule is CCc1ccccc1OCC(=O)NCCNC(=O)CCC1CCCCC1. The van der Waals surface area contributed by atoms with Gasteiger partial charge in [0.2, 0.25) is 5.91 Å². The van der Waals surface area contributed by atoms with Gasteiger partial charge in [0.15, 0.2) is 6.61 Å². The number of hydrogen-bond acceptors (Lipinski definition) is 3. The monoisotopic (exact) mass is 360 g/mol. The molecule has 1 aliphatic carbocycles. The van der Waals surface area contributed by atoms with Gasteiger partial charge in [-0.1, -0.05) is 57.2 Å². The van der Waals surface area contributed by atoms with E-state index in [-0.39, 0.29) is 18.4 Å². The molecule has 1 aromatic carbocycles. The van der Waals surface area contributed by atoms with Gasteiger partial charge in [-0.2, -0.15) is 0 Å². The first-order valence-electron chi connectivity index (χ1n) is 9.93. The van der Waals surface area contributed by atoms with Crippen molar-refractivity contribution in [2.24, 2.45) is 5.92 Å². The summed E-state index contributed by atoms with van der Waals surface area (Å²) in [7, 11) is 0. The number of nitrogens with one attached hydrogen (secondary N) is 2. The third-order valence-corrected chi connectivity index (χ3v) is 4.99. The number of carbonyl (C=O) groups excluding carboxylic acids is 2. The zero-order valence-corrected chi connectivity index (χ0v) is 15.9. The Morgan fingerprint density at radius 1 is 1.04 bits per heavy atom. The number of carbonyl (C=O) groups is 2. The second-order valence-corrected chi connectivity index (χ2v) is 6.99. The number of para-hydroxylation sites is 1. The number of amides is 2. The van der Waals surface area contributed by atoms with Gasteiger partial charge in [0, 0.05) is 19.5 Å². The van der Waals surface area contributed by atoms with Crippen molar-refractivity contribution in [3.8, 4) is 5.75 Å². The minimum Gasteiger partial charge on any atom is -0.483 e. The molecule has 0 aromatic heterocycles. The fraction of sp³-hybridized carbons (Fsp3) is 0.619. The molecule has 0 unspecified atom stereocenters. The Morgan fingerprint density at radius 2 is 1.73 bits per heavy atom. The van der Waals surface area contributed by atoms with Crippen molar-refractivity contribution in [3.05, 3.63) is 29.8 Å². The highest BCUT2D eigenvalue weighted by Crippen LogP contribution is 2.27. The average Bonchev–Trinajstić information content (AvgIpc) is 2.69. The number of ether oxygens (including phenoxy) is 1. The van der Waals surface area contributed by atoms with E-state index in [2.05, 4.69) is 17.6 Å². The summed E-state index contributed by atoms with van der Waals surface area (Å²) in [6.07, 6.45) is 8.94. The molecule has 5 heteroatoms. The zero-order chi connectivity index (χ0) is 18.6. The van der Waals surface area contributed by atoms with Crippen LogP contribution in [-0.2, 0) is 16.0 Å². The minimum atomic E-state index is -0.174. The molecule has 0 bridgehead atoms. The first-order chi connectivity index (χ1) is 12.7. The van der Waals surface area contributed by atoms with Gasteiger partial charge < -0.3 is 15.4 Å². The standard InChI is InChI=1S/C21H32N2O3/c1-2-18-10-6-7-11-19(18)26-16-21(25)23-15-14-22-20(24)13-12-17-8-4-3-5-9-17/h6-7,10-11,17H,2-5,8-9,12-16H2,1H3,(H,22,24)(H,23,25). The van der Waals surface area contributed by atoms with Gasteiger partial charge in [0.05, 0.1) is 0 Å². The maximum Gasteiger partial charge on any atom is 0.258 e. The lowest BCUT2D eigenvalue weighted by Crippen LogP contribution is -2.36. The van der Waals surface area contributed by atoms with Gasteiger partial charge in [-0.25, -0.2) is 0 Å². The van der Waals surface area contributed by atoms with Crippen LogP contribution in [0.1, 0.15) is 57.4 Å². The van der Waals surface area contributed by atoms with E-state index in [9.17, 15) is 9.59 Å².